The molecule has 0 atom stereocenters. The SMILES string of the molecule is Cc1ccc(N(c2ccccc2)c2ccc3ccccc3c2-c2cccc3ccccc23)c(C)c1. The smallest absolute Gasteiger partial charge is 0.0546 e. The second kappa shape index (κ2) is 8.77. The molecule has 1 nitrogen and oxygen atoms in total. The number of benzene rings is 6. The van der Waals surface area contributed by atoms with Crippen molar-refractivity contribution in [3.8, 4) is 11.1 Å². The molecule has 0 saturated heterocycles. The van der Waals surface area contributed by atoms with Gasteiger partial charge in [-0.1, -0.05) is 109 Å². The molecule has 0 unspecified atom stereocenters. The number of fused-ring (bicyclic) bond motifs is 2. The van der Waals surface area contributed by atoms with Gasteiger partial charge in [0.1, 0.15) is 0 Å². The predicted octanol–water partition coefficient (Wildman–Crippen LogP) is 9.75. The van der Waals surface area contributed by atoms with Crippen LogP contribution in [0.1, 0.15) is 11.1 Å². The molecule has 0 aliphatic rings. The highest BCUT2D eigenvalue weighted by molar-refractivity contribution is 6.11. The lowest BCUT2D eigenvalue weighted by molar-refractivity contribution is 1.24. The van der Waals surface area contributed by atoms with Crippen LogP contribution in [-0.4, -0.2) is 0 Å². The molecule has 0 bridgehead atoms. The molecular weight excluding hydrogens is 422 g/mol. The first kappa shape index (κ1) is 21.2. The molecule has 0 fully saturated rings. The van der Waals surface area contributed by atoms with Crippen molar-refractivity contribution in [2.75, 3.05) is 4.90 Å². The molecule has 1 heteroatoms. The Morgan fingerprint density at radius 2 is 1.11 bits per heavy atom. The number of para-hydroxylation sites is 1. The van der Waals surface area contributed by atoms with Gasteiger partial charge in [0.25, 0.3) is 0 Å². The largest absolute Gasteiger partial charge is 0.310 e. The van der Waals surface area contributed by atoms with Crippen molar-refractivity contribution < 1.29 is 0 Å². The van der Waals surface area contributed by atoms with E-state index < -0.39 is 0 Å². The molecule has 0 N–H and O–H groups in total. The van der Waals surface area contributed by atoms with Gasteiger partial charge in [-0.3, -0.25) is 0 Å². The summed E-state index contributed by atoms with van der Waals surface area (Å²) in [7, 11) is 0. The summed E-state index contributed by atoms with van der Waals surface area (Å²) < 4.78 is 0. The lowest BCUT2D eigenvalue weighted by Crippen LogP contribution is -2.13. The van der Waals surface area contributed by atoms with E-state index in [4.69, 9.17) is 0 Å². The van der Waals surface area contributed by atoms with Crippen LogP contribution in [0.4, 0.5) is 17.1 Å². The van der Waals surface area contributed by atoms with Gasteiger partial charge in [-0.05, 0) is 70.8 Å². The van der Waals surface area contributed by atoms with Gasteiger partial charge >= 0.3 is 0 Å². The van der Waals surface area contributed by atoms with Crippen LogP contribution >= 0.6 is 0 Å². The zero-order valence-electron chi connectivity index (χ0n) is 20.1. The third-order valence-corrected chi connectivity index (χ3v) is 6.81. The average Bonchev–Trinajstić information content (AvgIpc) is 2.90. The first-order valence-corrected chi connectivity index (χ1v) is 12.1. The van der Waals surface area contributed by atoms with Gasteiger partial charge in [0.05, 0.1) is 5.69 Å². The van der Waals surface area contributed by atoms with Crippen molar-refractivity contribution in [1.82, 2.24) is 0 Å². The van der Waals surface area contributed by atoms with E-state index in [0.717, 1.165) is 5.69 Å². The highest BCUT2D eigenvalue weighted by Crippen LogP contribution is 2.46. The van der Waals surface area contributed by atoms with Crippen LogP contribution in [-0.2, 0) is 0 Å². The number of hydrogen-bond donors (Lipinski definition) is 0. The maximum absolute atomic E-state index is 2.42. The molecule has 0 aliphatic carbocycles. The number of rotatable bonds is 4. The maximum Gasteiger partial charge on any atom is 0.0546 e. The fraction of sp³-hybridized carbons (Fsp3) is 0.0588. The van der Waals surface area contributed by atoms with Crippen molar-refractivity contribution in [1.29, 1.82) is 0 Å². The first-order valence-electron chi connectivity index (χ1n) is 12.1. The molecule has 0 spiro atoms. The third-order valence-electron chi connectivity index (χ3n) is 6.81. The second-order valence-electron chi connectivity index (χ2n) is 9.17. The third kappa shape index (κ3) is 3.76. The van der Waals surface area contributed by atoms with Crippen molar-refractivity contribution in [2.45, 2.75) is 13.8 Å². The van der Waals surface area contributed by atoms with E-state index in [9.17, 15) is 0 Å². The maximum atomic E-state index is 2.42. The molecule has 168 valence electrons. The minimum absolute atomic E-state index is 1.15. The Bertz CT molecular complexity index is 1660. The predicted molar refractivity (Wildman–Crippen MR) is 151 cm³/mol. The Morgan fingerprint density at radius 3 is 1.89 bits per heavy atom. The van der Waals surface area contributed by atoms with Crippen LogP contribution in [0.2, 0.25) is 0 Å². The van der Waals surface area contributed by atoms with Crippen molar-refractivity contribution in [2.24, 2.45) is 0 Å². The van der Waals surface area contributed by atoms with E-state index in [1.807, 2.05) is 0 Å². The molecule has 6 aromatic carbocycles. The molecule has 0 aromatic heterocycles. The van der Waals surface area contributed by atoms with Crippen LogP contribution in [0.25, 0.3) is 32.7 Å². The standard InChI is InChI=1S/C34H27N/c1-24-19-21-32(25(2)23-24)35(28-14-4-3-5-15-28)33-22-20-27-12-7-9-17-30(27)34(33)31-18-10-13-26-11-6-8-16-29(26)31/h3-23H,1-2H3. The molecular formula is C34H27N. The Labute approximate surface area is 206 Å². The summed E-state index contributed by atoms with van der Waals surface area (Å²) in [5.41, 5.74) is 8.55. The molecule has 6 aromatic rings. The van der Waals surface area contributed by atoms with Crippen LogP contribution in [0.15, 0.2) is 127 Å². The fourth-order valence-corrected chi connectivity index (χ4v) is 5.21. The van der Waals surface area contributed by atoms with Gasteiger partial charge in [0, 0.05) is 16.9 Å². The Hall–Kier alpha value is -4.36. The lowest BCUT2D eigenvalue weighted by atomic mass is 9.91. The molecule has 0 heterocycles. The van der Waals surface area contributed by atoms with Crippen molar-refractivity contribution in [3.63, 3.8) is 0 Å². The van der Waals surface area contributed by atoms with E-state index in [-0.39, 0.29) is 0 Å². The minimum atomic E-state index is 1.15. The van der Waals surface area contributed by atoms with Gasteiger partial charge in [0.15, 0.2) is 0 Å². The van der Waals surface area contributed by atoms with Gasteiger partial charge < -0.3 is 4.90 Å². The molecule has 0 radical (unpaired) electrons. The number of anilines is 3. The fourth-order valence-electron chi connectivity index (χ4n) is 5.21. The van der Waals surface area contributed by atoms with Gasteiger partial charge in [0.2, 0.25) is 0 Å². The second-order valence-corrected chi connectivity index (χ2v) is 9.17. The van der Waals surface area contributed by atoms with Crippen LogP contribution < -0.4 is 4.90 Å². The zero-order chi connectivity index (χ0) is 23.8. The molecule has 6 rings (SSSR count). The van der Waals surface area contributed by atoms with Crippen LogP contribution in [0.3, 0.4) is 0 Å². The van der Waals surface area contributed by atoms with Crippen molar-refractivity contribution >= 4 is 38.6 Å². The van der Waals surface area contributed by atoms with Gasteiger partial charge in [-0.25, -0.2) is 0 Å². The van der Waals surface area contributed by atoms with E-state index in [1.54, 1.807) is 0 Å². The topological polar surface area (TPSA) is 3.24 Å². The highest BCUT2D eigenvalue weighted by Gasteiger charge is 2.21. The van der Waals surface area contributed by atoms with E-state index in [1.165, 1.54) is 55.2 Å². The lowest BCUT2D eigenvalue weighted by Gasteiger charge is -2.30. The molecule has 0 aliphatic heterocycles. The van der Waals surface area contributed by atoms with Crippen LogP contribution in [0.5, 0.6) is 0 Å². The van der Waals surface area contributed by atoms with E-state index in [2.05, 4.69) is 146 Å². The molecule has 35 heavy (non-hydrogen) atoms. The molecule has 0 saturated carbocycles. The summed E-state index contributed by atoms with van der Waals surface area (Å²) in [5, 5.41) is 5.02. The minimum Gasteiger partial charge on any atom is -0.310 e. The Kier molecular flexibility index (Phi) is 5.31. The van der Waals surface area contributed by atoms with Crippen LogP contribution in [0, 0.1) is 13.8 Å². The van der Waals surface area contributed by atoms with E-state index in [0.29, 0.717) is 0 Å². The Morgan fingerprint density at radius 1 is 0.486 bits per heavy atom. The quantitative estimate of drug-likeness (QED) is 0.259. The van der Waals surface area contributed by atoms with E-state index >= 15 is 0 Å². The first-order chi connectivity index (χ1) is 17.2. The summed E-state index contributed by atoms with van der Waals surface area (Å²) >= 11 is 0. The monoisotopic (exact) mass is 449 g/mol. The zero-order valence-corrected chi connectivity index (χ0v) is 20.1. The number of hydrogen-bond acceptors (Lipinski definition) is 1. The average molecular weight is 450 g/mol. The van der Waals surface area contributed by atoms with Crippen molar-refractivity contribution in [3.05, 3.63) is 139 Å². The highest BCUT2D eigenvalue weighted by atomic mass is 15.1. The van der Waals surface area contributed by atoms with Gasteiger partial charge in [-0.15, -0.1) is 0 Å². The Balaban J connectivity index is 1.74. The van der Waals surface area contributed by atoms with Gasteiger partial charge in [-0.2, -0.15) is 0 Å². The summed E-state index contributed by atoms with van der Waals surface area (Å²) in [5.74, 6) is 0. The molecule has 0 amide bonds. The summed E-state index contributed by atoms with van der Waals surface area (Å²) in [6.45, 7) is 4.36. The summed E-state index contributed by atoms with van der Waals surface area (Å²) in [6.07, 6.45) is 0. The summed E-state index contributed by atoms with van der Waals surface area (Å²) in [4.78, 5) is 2.42. The normalized spacial score (nSPS) is 11.1. The summed E-state index contributed by atoms with van der Waals surface area (Å²) in [6, 6.07) is 46.0. The number of aryl methyl sites for hydroxylation is 2. The number of nitrogens with zero attached hydrogens (tertiary/aromatic N) is 1.